The number of rotatable bonds is 3. The molecule has 0 fully saturated rings. The molecule has 2 atom stereocenters. The molecule has 1 aliphatic rings. The second-order valence-corrected chi connectivity index (χ2v) is 7.13. The maximum absolute atomic E-state index is 12.1. The van der Waals surface area contributed by atoms with E-state index in [2.05, 4.69) is 28.1 Å². The Morgan fingerprint density at radius 1 is 1.09 bits per heavy atom. The maximum atomic E-state index is 12.1. The van der Waals surface area contributed by atoms with Crippen molar-refractivity contribution in [3.05, 3.63) is 82.0 Å². The zero-order valence-corrected chi connectivity index (χ0v) is 15.1. The third-order valence-corrected chi connectivity index (χ3v) is 5.05. The Kier molecular flexibility index (Phi) is 5.23. The van der Waals surface area contributed by atoms with E-state index in [0.717, 1.165) is 16.5 Å². The topological polar surface area (TPSA) is 26.3 Å². The standard InChI is InChI=1S/C19H17BrO2S/c1-23-19(21)18-12-15(13-5-3-2-4-6-13)11-17(22-18)14-7-9-16(20)10-8-14/h2-10,12,15,17H,11H2,1H3/t15-,17-/m1/s1. The van der Waals surface area contributed by atoms with E-state index in [4.69, 9.17) is 4.74 Å². The van der Waals surface area contributed by atoms with Crippen molar-refractivity contribution in [1.29, 1.82) is 0 Å². The van der Waals surface area contributed by atoms with Crippen LogP contribution in [0, 0.1) is 0 Å². The van der Waals surface area contributed by atoms with Gasteiger partial charge in [-0.15, -0.1) is 0 Å². The normalized spacial score (nSPS) is 20.5. The predicted molar refractivity (Wildman–Crippen MR) is 98.4 cm³/mol. The van der Waals surface area contributed by atoms with E-state index in [1.165, 1.54) is 17.3 Å². The van der Waals surface area contributed by atoms with Crippen LogP contribution in [0.15, 0.2) is 70.9 Å². The summed E-state index contributed by atoms with van der Waals surface area (Å²) in [5.41, 5.74) is 2.30. The molecule has 0 unspecified atom stereocenters. The molecule has 3 rings (SSSR count). The molecule has 2 nitrogen and oxygen atoms in total. The molecule has 2 aromatic carbocycles. The first-order chi connectivity index (χ1) is 11.2. The molecule has 1 aliphatic heterocycles. The molecule has 0 aromatic heterocycles. The van der Waals surface area contributed by atoms with Gasteiger partial charge in [0.2, 0.25) is 0 Å². The van der Waals surface area contributed by atoms with Gasteiger partial charge in [0.15, 0.2) is 5.76 Å². The van der Waals surface area contributed by atoms with Gasteiger partial charge in [-0.3, -0.25) is 4.79 Å². The molecule has 0 radical (unpaired) electrons. The summed E-state index contributed by atoms with van der Waals surface area (Å²) in [6.07, 6.45) is 4.47. The summed E-state index contributed by atoms with van der Waals surface area (Å²) in [4.78, 5) is 12.1. The third-order valence-electron chi connectivity index (χ3n) is 3.95. The van der Waals surface area contributed by atoms with Gasteiger partial charge in [-0.1, -0.05) is 70.2 Å². The highest BCUT2D eigenvalue weighted by molar-refractivity contribution is 9.10. The van der Waals surface area contributed by atoms with E-state index >= 15 is 0 Å². The van der Waals surface area contributed by atoms with Gasteiger partial charge in [-0.05, 0) is 42.0 Å². The van der Waals surface area contributed by atoms with E-state index in [0.29, 0.717) is 5.76 Å². The number of hydrogen-bond acceptors (Lipinski definition) is 3. The number of allylic oxidation sites excluding steroid dienone is 1. The summed E-state index contributed by atoms with van der Waals surface area (Å²) in [5.74, 6) is 0.648. The van der Waals surface area contributed by atoms with Crippen LogP contribution >= 0.6 is 27.7 Å². The molecule has 4 heteroatoms. The molecule has 0 aliphatic carbocycles. The van der Waals surface area contributed by atoms with Crippen molar-refractivity contribution in [1.82, 2.24) is 0 Å². The summed E-state index contributed by atoms with van der Waals surface area (Å²) in [5, 5.41) is -0.0206. The zero-order chi connectivity index (χ0) is 16.2. The van der Waals surface area contributed by atoms with Gasteiger partial charge >= 0.3 is 0 Å². The Balaban J connectivity index is 1.93. The van der Waals surface area contributed by atoms with Crippen LogP contribution in [0.2, 0.25) is 0 Å². The molecule has 0 saturated heterocycles. The summed E-state index contributed by atoms with van der Waals surface area (Å²) in [7, 11) is 0. The lowest BCUT2D eigenvalue weighted by Crippen LogP contribution is -2.18. The molecule has 1 heterocycles. The monoisotopic (exact) mass is 388 g/mol. The minimum atomic E-state index is -0.107. The lowest BCUT2D eigenvalue weighted by Gasteiger charge is -2.29. The van der Waals surface area contributed by atoms with Crippen molar-refractivity contribution in [2.24, 2.45) is 0 Å². The Morgan fingerprint density at radius 3 is 2.43 bits per heavy atom. The third kappa shape index (κ3) is 3.88. The quantitative estimate of drug-likeness (QED) is 0.697. The van der Waals surface area contributed by atoms with Crippen molar-refractivity contribution in [3.63, 3.8) is 0 Å². The van der Waals surface area contributed by atoms with Gasteiger partial charge in [0, 0.05) is 10.4 Å². The summed E-state index contributed by atoms with van der Waals surface area (Å²) >= 11 is 4.64. The first-order valence-corrected chi connectivity index (χ1v) is 9.46. The van der Waals surface area contributed by atoms with Crippen LogP contribution in [0.4, 0.5) is 0 Å². The highest BCUT2D eigenvalue weighted by atomic mass is 79.9. The van der Waals surface area contributed by atoms with Crippen molar-refractivity contribution in [2.45, 2.75) is 18.4 Å². The number of thioether (sulfide) groups is 1. The molecule has 0 bridgehead atoms. The predicted octanol–water partition coefficient (Wildman–Crippen LogP) is 5.47. The van der Waals surface area contributed by atoms with Crippen LogP contribution in [-0.4, -0.2) is 11.4 Å². The first-order valence-electron chi connectivity index (χ1n) is 7.44. The molecule has 23 heavy (non-hydrogen) atoms. The fraction of sp³-hybridized carbons (Fsp3) is 0.211. The number of halogens is 1. The van der Waals surface area contributed by atoms with Gasteiger partial charge in [0.1, 0.15) is 6.10 Å². The minimum absolute atomic E-state index is 0.0206. The first kappa shape index (κ1) is 16.3. The van der Waals surface area contributed by atoms with Gasteiger partial charge in [-0.25, -0.2) is 0 Å². The largest absolute Gasteiger partial charge is 0.481 e. The smallest absolute Gasteiger partial charge is 0.253 e. The highest BCUT2D eigenvalue weighted by Gasteiger charge is 2.28. The zero-order valence-electron chi connectivity index (χ0n) is 12.7. The van der Waals surface area contributed by atoms with Crippen molar-refractivity contribution in [3.8, 4) is 0 Å². The second kappa shape index (κ2) is 7.37. The molecule has 0 amide bonds. The summed E-state index contributed by atoms with van der Waals surface area (Å²) in [6, 6.07) is 18.4. The lowest BCUT2D eigenvalue weighted by atomic mass is 9.88. The van der Waals surface area contributed by atoms with Gasteiger partial charge in [0.25, 0.3) is 5.12 Å². The molecule has 0 N–H and O–H groups in total. The van der Waals surface area contributed by atoms with Crippen LogP contribution in [0.3, 0.4) is 0 Å². The van der Waals surface area contributed by atoms with Crippen LogP contribution in [0.5, 0.6) is 0 Å². The van der Waals surface area contributed by atoms with Gasteiger partial charge in [0.05, 0.1) is 0 Å². The Bertz CT molecular complexity index is 710. The van der Waals surface area contributed by atoms with Crippen LogP contribution in [0.25, 0.3) is 0 Å². The van der Waals surface area contributed by atoms with Crippen LogP contribution in [-0.2, 0) is 9.53 Å². The van der Waals surface area contributed by atoms with Crippen molar-refractivity contribution in [2.75, 3.05) is 6.26 Å². The van der Waals surface area contributed by atoms with Crippen molar-refractivity contribution < 1.29 is 9.53 Å². The molecule has 118 valence electrons. The Labute approximate surface area is 149 Å². The number of hydrogen-bond donors (Lipinski definition) is 0. The van der Waals surface area contributed by atoms with E-state index in [9.17, 15) is 4.79 Å². The van der Waals surface area contributed by atoms with E-state index in [1.807, 2.05) is 48.5 Å². The molecule has 0 spiro atoms. The fourth-order valence-corrected chi connectivity index (χ4v) is 3.33. The van der Waals surface area contributed by atoms with E-state index < -0.39 is 0 Å². The lowest BCUT2D eigenvalue weighted by molar-refractivity contribution is -0.112. The fourth-order valence-electron chi connectivity index (χ4n) is 2.75. The molecular weight excluding hydrogens is 372 g/mol. The SMILES string of the molecule is CSC(=O)C1=C[C@H](c2ccccc2)C[C@H](c2ccc(Br)cc2)O1. The molecule has 0 saturated carbocycles. The number of carbonyl (C=O) groups is 1. The minimum Gasteiger partial charge on any atom is -0.481 e. The van der Waals surface area contributed by atoms with Crippen LogP contribution < -0.4 is 0 Å². The van der Waals surface area contributed by atoms with Gasteiger partial charge < -0.3 is 4.74 Å². The van der Waals surface area contributed by atoms with Crippen LogP contribution in [0.1, 0.15) is 29.6 Å². The summed E-state index contributed by atoms with van der Waals surface area (Å²) < 4.78 is 7.03. The Hall–Kier alpha value is -1.52. The number of benzene rings is 2. The average molecular weight is 389 g/mol. The van der Waals surface area contributed by atoms with E-state index in [1.54, 1.807) is 6.26 Å². The number of ether oxygens (including phenoxy) is 1. The highest BCUT2D eigenvalue weighted by Crippen LogP contribution is 2.39. The van der Waals surface area contributed by atoms with Crippen molar-refractivity contribution >= 4 is 32.8 Å². The molecule has 2 aromatic rings. The maximum Gasteiger partial charge on any atom is 0.253 e. The van der Waals surface area contributed by atoms with Gasteiger partial charge in [-0.2, -0.15) is 0 Å². The Morgan fingerprint density at radius 2 is 1.78 bits per heavy atom. The second-order valence-electron chi connectivity index (χ2n) is 5.43. The average Bonchev–Trinajstić information content (AvgIpc) is 2.62. The van der Waals surface area contributed by atoms with E-state index in [-0.39, 0.29) is 17.1 Å². The molecular formula is C19H17BrO2S. The summed E-state index contributed by atoms with van der Waals surface area (Å²) in [6.45, 7) is 0. The number of carbonyl (C=O) groups excluding carboxylic acids is 1.